The van der Waals surface area contributed by atoms with Crippen LogP contribution in [-0.2, 0) is 6.61 Å². The standard InChI is InChI=1S/C12H13ClN4O/c13-8-4-2-1-3-7(8)6-18-9-5-10(14)17-12(16)11(9)15/h1-5H,6,15H2,(H4,14,16,17). The summed E-state index contributed by atoms with van der Waals surface area (Å²) in [5.74, 6) is 0.819. The molecule has 1 heterocycles. The fraction of sp³-hybridized carbons (Fsp3) is 0.0833. The minimum Gasteiger partial charge on any atom is -0.486 e. The Kier molecular flexibility index (Phi) is 3.43. The van der Waals surface area contributed by atoms with E-state index in [1.54, 1.807) is 6.07 Å². The Hall–Kier alpha value is -2.14. The second-order valence-corrected chi connectivity index (χ2v) is 4.13. The number of pyridine rings is 1. The minimum absolute atomic E-state index is 0.157. The number of ether oxygens (including phenoxy) is 1. The first-order valence-electron chi connectivity index (χ1n) is 5.25. The van der Waals surface area contributed by atoms with Gasteiger partial charge in [-0.2, -0.15) is 0 Å². The van der Waals surface area contributed by atoms with Crippen molar-refractivity contribution in [3.05, 3.63) is 40.9 Å². The Morgan fingerprint density at radius 1 is 1.17 bits per heavy atom. The maximum atomic E-state index is 6.02. The van der Waals surface area contributed by atoms with Crippen molar-refractivity contribution in [2.75, 3.05) is 17.2 Å². The second-order valence-electron chi connectivity index (χ2n) is 3.72. The molecule has 0 saturated carbocycles. The van der Waals surface area contributed by atoms with E-state index in [9.17, 15) is 0 Å². The summed E-state index contributed by atoms with van der Waals surface area (Å²) in [6, 6.07) is 8.92. The zero-order chi connectivity index (χ0) is 13.1. The van der Waals surface area contributed by atoms with Gasteiger partial charge in [-0.05, 0) is 6.07 Å². The lowest BCUT2D eigenvalue weighted by Gasteiger charge is -2.11. The van der Waals surface area contributed by atoms with Crippen LogP contribution in [0.1, 0.15) is 5.56 Å². The van der Waals surface area contributed by atoms with Crippen molar-refractivity contribution >= 4 is 28.9 Å². The summed E-state index contributed by atoms with van der Waals surface area (Å²) in [5.41, 5.74) is 18.1. The van der Waals surface area contributed by atoms with Gasteiger partial charge >= 0.3 is 0 Å². The number of nitrogen functional groups attached to an aromatic ring is 3. The van der Waals surface area contributed by atoms with Crippen LogP contribution in [0.5, 0.6) is 5.75 Å². The van der Waals surface area contributed by atoms with E-state index in [1.807, 2.05) is 18.2 Å². The van der Waals surface area contributed by atoms with Gasteiger partial charge in [0.1, 0.15) is 23.9 Å². The molecule has 5 nitrogen and oxygen atoms in total. The molecular formula is C12H13ClN4O. The average molecular weight is 265 g/mol. The summed E-state index contributed by atoms with van der Waals surface area (Å²) in [6.07, 6.45) is 0. The molecule has 0 saturated heterocycles. The van der Waals surface area contributed by atoms with Crippen molar-refractivity contribution in [2.24, 2.45) is 0 Å². The van der Waals surface area contributed by atoms with E-state index in [-0.39, 0.29) is 23.9 Å². The van der Waals surface area contributed by atoms with E-state index in [4.69, 9.17) is 33.5 Å². The van der Waals surface area contributed by atoms with E-state index in [0.29, 0.717) is 10.8 Å². The fourth-order valence-electron chi connectivity index (χ4n) is 1.46. The van der Waals surface area contributed by atoms with Gasteiger partial charge < -0.3 is 21.9 Å². The largest absolute Gasteiger partial charge is 0.486 e. The highest BCUT2D eigenvalue weighted by molar-refractivity contribution is 6.31. The number of nitrogens with two attached hydrogens (primary N) is 3. The Morgan fingerprint density at radius 2 is 1.89 bits per heavy atom. The first-order valence-corrected chi connectivity index (χ1v) is 5.63. The molecule has 0 amide bonds. The fourth-order valence-corrected chi connectivity index (χ4v) is 1.65. The van der Waals surface area contributed by atoms with Crippen LogP contribution in [-0.4, -0.2) is 4.98 Å². The normalized spacial score (nSPS) is 10.3. The molecule has 0 radical (unpaired) electrons. The van der Waals surface area contributed by atoms with Crippen molar-refractivity contribution in [3.63, 3.8) is 0 Å². The van der Waals surface area contributed by atoms with Crippen LogP contribution in [0.3, 0.4) is 0 Å². The SMILES string of the molecule is Nc1cc(OCc2ccccc2Cl)c(N)c(N)n1. The summed E-state index contributed by atoms with van der Waals surface area (Å²) in [5, 5.41) is 0.631. The molecule has 0 aliphatic carbocycles. The molecule has 0 atom stereocenters. The Labute approximate surface area is 110 Å². The van der Waals surface area contributed by atoms with E-state index in [2.05, 4.69) is 4.98 Å². The number of anilines is 3. The highest BCUT2D eigenvalue weighted by Crippen LogP contribution is 2.29. The van der Waals surface area contributed by atoms with Gasteiger partial charge in [-0.15, -0.1) is 0 Å². The van der Waals surface area contributed by atoms with Gasteiger partial charge in [-0.25, -0.2) is 4.98 Å². The second kappa shape index (κ2) is 5.01. The number of benzene rings is 1. The Balaban J connectivity index is 2.18. The van der Waals surface area contributed by atoms with Gasteiger partial charge in [0.05, 0.1) is 0 Å². The number of nitrogens with zero attached hydrogens (tertiary/aromatic N) is 1. The van der Waals surface area contributed by atoms with Crippen LogP contribution in [0.15, 0.2) is 30.3 Å². The molecule has 0 aliphatic rings. The molecule has 0 aliphatic heterocycles. The zero-order valence-electron chi connectivity index (χ0n) is 9.56. The molecule has 2 rings (SSSR count). The monoisotopic (exact) mass is 264 g/mol. The molecule has 0 fully saturated rings. The topological polar surface area (TPSA) is 100 Å². The summed E-state index contributed by atoms with van der Waals surface area (Å²) in [6.45, 7) is 0.284. The average Bonchev–Trinajstić information content (AvgIpc) is 2.33. The van der Waals surface area contributed by atoms with Crippen LogP contribution in [0.2, 0.25) is 5.02 Å². The van der Waals surface area contributed by atoms with Crippen LogP contribution in [0.4, 0.5) is 17.3 Å². The predicted octanol–water partition coefficient (Wildman–Crippen LogP) is 2.06. The number of halogens is 1. The molecule has 0 bridgehead atoms. The molecular weight excluding hydrogens is 252 g/mol. The zero-order valence-corrected chi connectivity index (χ0v) is 10.3. The van der Waals surface area contributed by atoms with Crippen LogP contribution in [0.25, 0.3) is 0 Å². The molecule has 1 aromatic heterocycles. The van der Waals surface area contributed by atoms with Crippen LogP contribution in [0, 0.1) is 0 Å². The molecule has 0 spiro atoms. The van der Waals surface area contributed by atoms with Crippen molar-refractivity contribution in [2.45, 2.75) is 6.61 Å². The van der Waals surface area contributed by atoms with Crippen molar-refractivity contribution in [1.29, 1.82) is 0 Å². The third-order valence-electron chi connectivity index (χ3n) is 2.41. The van der Waals surface area contributed by atoms with Crippen LogP contribution < -0.4 is 21.9 Å². The molecule has 1 aromatic carbocycles. The minimum atomic E-state index is 0.157. The van der Waals surface area contributed by atoms with Gasteiger partial charge in [0.25, 0.3) is 0 Å². The summed E-state index contributed by atoms with van der Waals surface area (Å²) in [4.78, 5) is 3.83. The smallest absolute Gasteiger partial charge is 0.152 e. The molecule has 0 unspecified atom stereocenters. The molecule has 94 valence electrons. The Morgan fingerprint density at radius 3 is 2.61 bits per heavy atom. The predicted molar refractivity (Wildman–Crippen MR) is 73.3 cm³/mol. The molecule has 18 heavy (non-hydrogen) atoms. The summed E-state index contributed by atoms with van der Waals surface area (Å²) in [7, 11) is 0. The lowest BCUT2D eigenvalue weighted by atomic mass is 10.2. The highest BCUT2D eigenvalue weighted by Gasteiger charge is 2.08. The molecule has 6 N–H and O–H groups in total. The van der Waals surface area contributed by atoms with E-state index in [1.165, 1.54) is 6.07 Å². The van der Waals surface area contributed by atoms with E-state index >= 15 is 0 Å². The van der Waals surface area contributed by atoms with Crippen molar-refractivity contribution < 1.29 is 4.74 Å². The first kappa shape index (κ1) is 12.3. The number of aromatic nitrogens is 1. The number of rotatable bonds is 3. The highest BCUT2D eigenvalue weighted by atomic mass is 35.5. The van der Waals surface area contributed by atoms with E-state index < -0.39 is 0 Å². The molecule has 6 heteroatoms. The lowest BCUT2D eigenvalue weighted by Crippen LogP contribution is -2.05. The van der Waals surface area contributed by atoms with Crippen LogP contribution >= 0.6 is 11.6 Å². The van der Waals surface area contributed by atoms with Gasteiger partial charge in [0, 0.05) is 16.7 Å². The lowest BCUT2D eigenvalue weighted by molar-refractivity contribution is 0.308. The van der Waals surface area contributed by atoms with Gasteiger partial charge in [-0.1, -0.05) is 29.8 Å². The maximum absolute atomic E-state index is 6.02. The maximum Gasteiger partial charge on any atom is 0.152 e. The van der Waals surface area contributed by atoms with Gasteiger partial charge in [0.2, 0.25) is 0 Å². The third-order valence-corrected chi connectivity index (χ3v) is 2.78. The summed E-state index contributed by atoms with van der Waals surface area (Å²) < 4.78 is 5.56. The molecule has 2 aromatic rings. The van der Waals surface area contributed by atoms with E-state index in [0.717, 1.165) is 5.56 Å². The van der Waals surface area contributed by atoms with Gasteiger partial charge in [0.15, 0.2) is 5.82 Å². The number of hydrogen-bond acceptors (Lipinski definition) is 5. The Bertz CT molecular complexity index is 574. The van der Waals surface area contributed by atoms with Gasteiger partial charge in [-0.3, -0.25) is 0 Å². The third kappa shape index (κ3) is 2.57. The quantitative estimate of drug-likeness (QED) is 0.788. The number of hydrogen-bond donors (Lipinski definition) is 3. The van der Waals surface area contributed by atoms with Crippen molar-refractivity contribution in [1.82, 2.24) is 4.98 Å². The summed E-state index contributed by atoms with van der Waals surface area (Å²) >= 11 is 6.02. The first-order chi connectivity index (χ1) is 8.58. The van der Waals surface area contributed by atoms with Crippen molar-refractivity contribution in [3.8, 4) is 5.75 Å².